The summed E-state index contributed by atoms with van der Waals surface area (Å²) < 4.78 is 0. The molecule has 0 aliphatic carbocycles. The number of H-pyrrole nitrogens is 1. The number of tetrazole rings is 1. The molecule has 1 fully saturated rings. The van der Waals surface area contributed by atoms with Gasteiger partial charge in [0.05, 0.1) is 6.04 Å². The van der Waals surface area contributed by atoms with Crippen molar-refractivity contribution in [3.63, 3.8) is 0 Å². The molecule has 2 unspecified atom stereocenters. The van der Waals surface area contributed by atoms with Crippen LogP contribution in [0.15, 0.2) is 48.7 Å². The van der Waals surface area contributed by atoms with Crippen molar-refractivity contribution < 1.29 is 4.79 Å². The van der Waals surface area contributed by atoms with Crippen LogP contribution in [0.2, 0.25) is 0 Å². The molecule has 2 aromatic heterocycles. The third kappa shape index (κ3) is 2.93. The summed E-state index contributed by atoms with van der Waals surface area (Å²) in [4.78, 5) is 19.5. The van der Waals surface area contributed by atoms with Crippen LogP contribution in [0.4, 0.5) is 0 Å². The highest BCUT2D eigenvalue weighted by atomic mass is 16.2. The average molecular weight is 336 g/mol. The van der Waals surface area contributed by atoms with Gasteiger partial charge in [-0.15, -0.1) is 10.2 Å². The molecule has 128 valence electrons. The molecule has 1 aliphatic heterocycles. The van der Waals surface area contributed by atoms with E-state index in [-0.39, 0.29) is 11.9 Å². The molecule has 1 N–H and O–H groups in total. The third-order valence-corrected chi connectivity index (χ3v) is 4.68. The van der Waals surface area contributed by atoms with Gasteiger partial charge < -0.3 is 9.88 Å². The van der Waals surface area contributed by atoms with Gasteiger partial charge in [-0.05, 0) is 37.1 Å². The minimum absolute atomic E-state index is 0.0223. The van der Waals surface area contributed by atoms with E-state index in [2.05, 4.69) is 20.4 Å². The van der Waals surface area contributed by atoms with E-state index < -0.39 is 6.04 Å². The Bertz CT molecular complexity index is 842. The largest absolute Gasteiger partial charge is 0.363 e. The molecule has 1 aromatic carbocycles. The smallest absolute Gasteiger partial charge is 0.249 e. The number of rotatable bonds is 4. The van der Waals surface area contributed by atoms with E-state index in [1.165, 1.54) is 4.80 Å². The highest BCUT2D eigenvalue weighted by Crippen LogP contribution is 2.32. The van der Waals surface area contributed by atoms with E-state index in [4.69, 9.17) is 0 Å². The lowest BCUT2D eigenvalue weighted by atomic mass is 10.1. The lowest BCUT2D eigenvalue weighted by Crippen LogP contribution is -2.36. The fourth-order valence-corrected chi connectivity index (χ4v) is 3.34. The number of likely N-dealkylation sites (tertiary alicyclic amines) is 1. The van der Waals surface area contributed by atoms with Crippen molar-refractivity contribution in [2.75, 3.05) is 6.54 Å². The highest BCUT2D eigenvalue weighted by molar-refractivity contribution is 5.80. The topological polar surface area (TPSA) is 79.7 Å². The van der Waals surface area contributed by atoms with Crippen molar-refractivity contribution in [1.29, 1.82) is 0 Å². The molecule has 0 bridgehead atoms. The molecular weight excluding hydrogens is 316 g/mol. The number of nitrogens with one attached hydrogen (secondary N) is 1. The summed E-state index contributed by atoms with van der Waals surface area (Å²) in [7, 11) is 0. The van der Waals surface area contributed by atoms with Crippen LogP contribution in [0.3, 0.4) is 0 Å². The fraction of sp³-hybridized carbons (Fsp3) is 0.333. The van der Waals surface area contributed by atoms with Gasteiger partial charge >= 0.3 is 0 Å². The Hall–Kier alpha value is -2.96. The Kier molecular flexibility index (Phi) is 4.05. The number of carbonyl (C=O) groups is 1. The number of aromatic nitrogens is 5. The van der Waals surface area contributed by atoms with Crippen molar-refractivity contribution in [1.82, 2.24) is 30.1 Å². The second kappa shape index (κ2) is 6.51. The molecule has 1 aliphatic rings. The van der Waals surface area contributed by atoms with Crippen LogP contribution < -0.4 is 0 Å². The molecule has 4 rings (SSSR count). The van der Waals surface area contributed by atoms with Gasteiger partial charge in [0.25, 0.3) is 0 Å². The molecule has 25 heavy (non-hydrogen) atoms. The van der Waals surface area contributed by atoms with E-state index in [1.54, 1.807) is 0 Å². The van der Waals surface area contributed by atoms with Gasteiger partial charge in [-0.2, -0.15) is 4.80 Å². The molecule has 7 nitrogen and oxygen atoms in total. The highest BCUT2D eigenvalue weighted by Gasteiger charge is 2.34. The molecule has 3 heterocycles. The monoisotopic (exact) mass is 336 g/mol. The number of amides is 1. The normalized spacial score (nSPS) is 18.4. The van der Waals surface area contributed by atoms with E-state index >= 15 is 0 Å². The molecule has 2 atom stereocenters. The van der Waals surface area contributed by atoms with Crippen LogP contribution >= 0.6 is 0 Å². The quantitative estimate of drug-likeness (QED) is 0.794. The summed E-state index contributed by atoms with van der Waals surface area (Å²) in [6.45, 7) is 2.58. The van der Waals surface area contributed by atoms with Crippen LogP contribution in [0.1, 0.15) is 37.5 Å². The maximum Gasteiger partial charge on any atom is 0.249 e. The van der Waals surface area contributed by atoms with Crippen molar-refractivity contribution >= 4 is 5.91 Å². The Morgan fingerprint density at radius 3 is 2.84 bits per heavy atom. The minimum Gasteiger partial charge on any atom is -0.363 e. The molecule has 0 radical (unpaired) electrons. The summed E-state index contributed by atoms with van der Waals surface area (Å²) in [5.74, 6) is 0.553. The average Bonchev–Trinajstić information content (AvgIpc) is 3.41. The Labute approximate surface area is 145 Å². The van der Waals surface area contributed by atoms with Gasteiger partial charge in [0.2, 0.25) is 11.7 Å². The zero-order chi connectivity index (χ0) is 17.2. The summed E-state index contributed by atoms with van der Waals surface area (Å²) >= 11 is 0. The number of aromatic amines is 1. The first-order valence-corrected chi connectivity index (χ1v) is 8.53. The number of hydrogen-bond donors (Lipinski definition) is 1. The van der Waals surface area contributed by atoms with Crippen molar-refractivity contribution in [3.8, 4) is 11.4 Å². The molecule has 0 spiro atoms. The van der Waals surface area contributed by atoms with Gasteiger partial charge in [-0.1, -0.05) is 30.3 Å². The second-order valence-corrected chi connectivity index (χ2v) is 6.29. The summed E-state index contributed by atoms with van der Waals surface area (Å²) in [6.07, 6.45) is 3.87. The van der Waals surface area contributed by atoms with E-state index in [9.17, 15) is 4.79 Å². The Morgan fingerprint density at radius 1 is 1.24 bits per heavy atom. The number of carbonyl (C=O) groups excluding carboxylic acids is 1. The second-order valence-electron chi connectivity index (χ2n) is 6.29. The van der Waals surface area contributed by atoms with E-state index in [0.29, 0.717) is 5.82 Å². The lowest BCUT2D eigenvalue weighted by molar-refractivity contribution is -0.136. The minimum atomic E-state index is -0.486. The molecular formula is C18H20N6O. The maximum atomic E-state index is 13.0. The summed E-state index contributed by atoms with van der Waals surface area (Å²) in [5, 5.41) is 12.6. The number of hydrogen-bond acceptors (Lipinski definition) is 4. The molecule has 7 heteroatoms. The molecule has 0 saturated carbocycles. The van der Waals surface area contributed by atoms with Crippen LogP contribution in [0, 0.1) is 0 Å². The van der Waals surface area contributed by atoms with Gasteiger partial charge in [0, 0.05) is 24.0 Å². The first-order chi connectivity index (χ1) is 12.2. The zero-order valence-corrected chi connectivity index (χ0v) is 14.0. The maximum absolute atomic E-state index is 13.0. The predicted octanol–water partition coefficient (Wildman–Crippen LogP) is 2.59. The predicted molar refractivity (Wildman–Crippen MR) is 92.4 cm³/mol. The lowest BCUT2D eigenvalue weighted by Gasteiger charge is -2.26. The first kappa shape index (κ1) is 15.6. The standard InChI is InChI=1S/C18H20N6O/c1-13(24-21-17(20-22-24)14-7-3-2-4-8-14)18(25)23-12-6-10-16(23)15-9-5-11-19-15/h2-5,7-9,11,13,16,19H,6,10,12H2,1H3. The SMILES string of the molecule is CC(C(=O)N1CCCC1c1ccc[nH]1)n1nnc(-c2ccccc2)n1. The van der Waals surface area contributed by atoms with Crippen LogP contribution in [-0.4, -0.2) is 42.5 Å². The molecule has 1 saturated heterocycles. The molecule has 3 aromatic rings. The van der Waals surface area contributed by atoms with Crippen molar-refractivity contribution in [2.45, 2.75) is 31.8 Å². The Balaban J connectivity index is 1.53. The van der Waals surface area contributed by atoms with Crippen LogP contribution in [0.5, 0.6) is 0 Å². The van der Waals surface area contributed by atoms with Crippen LogP contribution in [-0.2, 0) is 4.79 Å². The zero-order valence-electron chi connectivity index (χ0n) is 14.0. The first-order valence-electron chi connectivity index (χ1n) is 8.53. The van der Waals surface area contributed by atoms with Crippen molar-refractivity contribution in [3.05, 3.63) is 54.4 Å². The number of benzene rings is 1. The number of nitrogens with zero attached hydrogens (tertiary/aromatic N) is 5. The third-order valence-electron chi connectivity index (χ3n) is 4.68. The van der Waals surface area contributed by atoms with Gasteiger partial charge in [0.15, 0.2) is 0 Å². The fourth-order valence-electron chi connectivity index (χ4n) is 3.34. The van der Waals surface area contributed by atoms with Crippen LogP contribution in [0.25, 0.3) is 11.4 Å². The summed E-state index contributed by atoms with van der Waals surface area (Å²) in [5.41, 5.74) is 1.97. The molecule has 1 amide bonds. The van der Waals surface area contributed by atoms with Gasteiger partial charge in [-0.3, -0.25) is 4.79 Å². The van der Waals surface area contributed by atoms with Crippen molar-refractivity contribution in [2.24, 2.45) is 0 Å². The van der Waals surface area contributed by atoms with Gasteiger partial charge in [-0.25, -0.2) is 0 Å². The van der Waals surface area contributed by atoms with E-state index in [1.807, 2.05) is 60.5 Å². The van der Waals surface area contributed by atoms with E-state index in [0.717, 1.165) is 30.6 Å². The van der Waals surface area contributed by atoms with Gasteiger partial charge in [0.1, 0.15) is 6.04 Å². The summed E-state index contributed by atoms with van der Waals surface area (Å²) in [6, 6.07) is 13.3. The Morgan fingerprint density at radius 2 is 2.08 bits per heavy atom.